The van der Waals surface area contributed by atoms with Crippen molar-refractivity contribution in [2.24, 2.45) is 0 Å². The standard InChI is InChI=1S/C13H17BrFNO2/c1-5-13(2,3)16(4)9-7-6-8(12(17)18)10(14)11(9)15/h6-7H,5H2,1-4H3,(H,17,18). The van der Waals surface area contributed by atoms with E-state index in [0.717, 1.165) is 6.42 Å². The van der Waals surface area contributed by atoms with Crippen molar-refractivity contribution < 1.29 is 14.3 Å². The lowest BCUT2D eigenvalue weighted by Crippen LogP contribution is -2.41. The van der Waals surface area contributed by atoms with Crippen LogP contribution in [0, 0.1) is 5.82 Å². The van der Waals surface area contributed by atoms with Gasteiger partial charge in [-0.1, -0.05) is 6.92 Å². The first-order chi connectivity index (χ1) is 8.22. The van der Waals surface area contributed by atoms with Crippen LogP contribution in [0.4, 0.5) is 10.1 Å². The second-order valence-electron chi connectivity index (χ2n) is 4.79. The molecule has 1 aromatic rings. The smallest absolute Gasteiger partial charge is 0.336 e. The lowest BCUT2D eigenvalue weighted by Gasteiger charge is -2.37. The Morgan fingerprint density at radius 2 is 2.06 bits per heavy atom. The quantitative estimate of drug-likeness (QED) is 0.915. The summed E-state index contributed by atoms with van der Waals surface area (Å²) >= 11 is 3.01. The van der Waals surface area contributed by atoms with Crippen LogP contribution in [0.1, 0.15) is 37.6 Å². The van der Waals surface area contributed by atoms with E-state index in [2.05, 4.69) is 15.9 Å². The molecule has 18 heavy (non-hydrogen) atoms. The molecule has 0 aliphatic rings. The zero-order chi connectivity index (χ0) is 14.1. The van der Waals surface area contributed by atoms with Gasteiger partial charge in [-0.2, -0.15) is 0 Å². The van der Waals surface area contributed by atoms with E-state index in [1.807, 2.05) is 25.7 Å². The Balaban J connectivity index is 3.29. The van der Waals surface area contributed by atoms with E-state index in [1.165, 1.54) is 12.1 Å². The third kappa shape index (κ3) is 2.66. The molecule has 3 nitrogen and oxygen atoms in total. The molecule has 0 aliphatic carbocycles. The second kappa shape index (κ2) is 5.26. The number of benzene rings is 1. The number of carbonyl (C=O) groups is 1. The second-order valence-corrected chi connectivity index (χ2v) is 5.58. The zero-order valence-corrected chi connectivity index (χ0v) is 12.5. The number of anilines is 1. The number of halogens is 2. The third-order valence-corrected chi connectivity index (χ3v) is 4.20. The maximum atomic E-state index is 14.2. The fourth-order valence-corrected chi connectivity index (χ4v) is 2.03. The van der Waals surface area contributed by atoms with Gasteiger partial charge in [-0.05, 0) is 48.3 Å². The number of hydrogen-bond donors (Lipinski definition) is 1. The number of carboxylic acid groups (broad SMARTS) is 1. The molecule has 1 aromatic carbocycles. The molecule has 0 fully saturated rings. The first-order valence-electron chi connectivity index (χ1n) is 5.67. The Morgan fingerprint density at radius 1 is 1.50 bits per heavy atom. The van der Waals surface area contributed by atoms with E-state index < -0.39 is 11.8 Å². The fraction of sp³-hybridized carbons (Fsp3) is 0.462. The van der Waals surface area contributed by atoms with Gasteiger partial charge < -0.3 is 10.0 Å². The largest absolute Gasteiger partial charge is 0.478 e. The van der Waals surface area contributed by atoms with E-state index in [0.29, 0.717) is 5.69 Å². The molecule has 1 N–H and O–H groups in total. The Hall–Kier alpha value is -1.10. The number of nitrogens with zero attached hydrogens (tertiary/aromatic N) is 1. The van der Waals surface area contributed by atoms with Crippen molar-refractivity contribution in [1.29, 1.82) is 0 Å². The van der Waals surface area contributed by atoms with Gasteiger partial charge in [-0.3, -0.25) is 0 Å². The van der Waals surface area contributed by atoms with E-state index in [9.17, 15) is 9.18 Å². The molecular weight excluding hydrogens is 301 g/mol. The molecule has 0 aliphatic heterocycles. The molecule has 0 saturated carbocycles. The average molecular weight is 318 g/mol. The predicted octanol–water partition coefficient (Wildman–Crippen LogP) is 3.91. The van der Waals surface area contributed by atoms with E-state index in [-0.39, 0.29) is 15.6 Å². The SMILES string of the molecule is CCC(C)(C)N(C)c1ccc(C(=O)O)c(Br)c1F. The number of carboxylic acids is 1. The highest BCUT2D eigenvalue weighted by Crippen LogP contribution is 2.33. The molecule has 0 bridgehead atoms. The van der Waals surface area contributed by atoms with Crippen molar-refractivity contribution in [2.75, 3.05) is 11.9 Å². The Kier molecular flexibility index (Phi) is 4.37. The summed E-state index contributed by atoms with van der Waals surface area (Å²) in [5.74, 6) is -1.69. The van der Waals surface area contributed by atoms with Crippen molar-refractivity contribution in [1.82, 2.24) is 0 Å². The minimum atomic E-state index is -1.15. The molecule has 1 rings (SSSR count). The normalized spacial score (nSPS) is 11.4. The molecule has 0 aromatic heterocycles. The van der Waals surface area contributed by atoms with Crippen LogP contribution in [0.2, 0.25) is 0 Å². The molecule has 0 radical (unpaired) electrons. The summed E-state index contributed by atoms with van der Waals surface area (Å²) in [6.07, 6.45) is 0.848. The summed E-state index contributed by atoms with van der Waals surface area (Å²) in [5, 5.41) is 8.92. The van der Waals surface area contributed by atoms with Crippen molar-refractivity contribution in [3.8, 4) is 0 Å². The molecule has 0 saturated heterocycles. The predicted molar refractivity (Wildman–Crippen MR) is 73.8 cm³/mol. The Morgan fingerprint density at radius 3 is 2.50 bits per heavy atom. The van der Waals surface area contributed by atoms with Gasteiger partial charge in [0.15, 0.2) is 5.82 Å². The number of rotatable bonds is 4. The summed E-state index contributed by atoms with van der Waals surface area (Å²) in [6, 6.07) is 2.91. The summed E-state index contributed by atoms with van der Waals surface area (Å²) in [6.45, 7) is 6.03. The fourth-order valence-electron chi connectivity index (χ4n) is 1.53. The summed E-state index contributed by atoms with van der Waals surface area (Å²) < 4.78 is 14.2. The maximum absolute atomic E-state index is 14.2. The third-order valence-electron chi connectivity index (χ3n) is 3.43. The monoisotopic (exact) mass is 317 g/mol. The molecule has 5 heteroatoms. The van der Waals surface area contributed by atoms with Crippen LogP contribution in [0.5, 0.6) is 0 Å². The average Bonchev–Trinajstić information content (AvgIpc) is 2.31. The molecular formula is C13H17BrFNO2. The molecule has 0 unspecified atom stereocenters. The van der Waals surface area contributed by atoms with E-state index in [4.69, 9.17) is 5.11 Å². The topological polar surface area (TPSA) is 40.5 Å². The summed E-state index contributed by atoms with van der Waals surface area (Å²) in [5.41, 5.74) is 0.114. The van der Waals surface area contributed by atoms with Gasteiger partial charge in [0.25, 0.3) is 0 Å². The van der Waals surface area contributed by atoms with Crippen molar-refractivity contribution in [2.45, 2.75) is 32.7 Å². The van der Waals surface area contributed by atoms with E-state index >= 15 is 0 Å². The Bertz CT molecular complexity index is 474. The van der Waals surface area contributed by atoms with Crippen molar-refractivity contribution >= 4 is 27.6 Å². The van der Waals surface area contributed by atoms with Crippen molar-refractivity contribution in [3.05, 3.63) is 28.0 Å². The Labute approximate surface area is 115 Å². The number of hydrogen-bond acceptors (Lipinski definition) is 2. The molecule has 0 spiro atoms. The molecule has 0 heterocycles. The lowest BCUT2D eigenvalue weighted by molar-refractivity contribution is 0.0695. The highest BCUT2D eigenvalue weighted by atomic mass is 79.9. The lowest BCUT2D eigenvalue weighted by atomic mass is 9.99. The minimum Gasteiger partial charge on any atom is -0.478 e. The van der Waals surface area contributed by atoms with Gasteiger partial charge in [-0.15, -0.1) is 0 Å². The van der Waals surface area contributed by atoms with Gasteiger partial charge in [0.2, 0.25) is 0 Å². The molecule has 0 atom stereocenters. The molecule has 0 amide bonds. The zero-order valence-electron chi connectivity index (χ0n) is 10.9. The van der Waals surface area contributed by atoms with Gasteiger partial charge in [0, 0.05) is 12.6 Å². The first kappa shape index (κ1) is 15.0. The summed E-state index contributed by atoms with van der Waals surface area (Å²) in [4.78, 5) is 12.7. The number of aromatic carboxylic acids is 1. The van der Waals surface area contributed by atoms with Crippen LogP contribution < -0.4 is 4.90 Å². The van der Waals surface area contributed by atoms with Gasteiger partial charge in [0.05, 0.1) is 15.7 Å². The maximum Gasteiger partial charge on any atom is 0.336 e. The van der Waals surface area contributed by atoms with Crippen LogP contribution in [0.25, 0.3) is 0 Å². The van der Waals surface area contributed by atoms with E-state index in [1.54, 1.807) is 7.05 Å². The van der Waals surface area contributed by atoms with Gasteiger partial charge in [0.1, 0.15) is 0 Å². The van der Waals surface area contributed by atoms with Crippen LogP contribution in [-0.2, 0) is 0 Å². The van der Waals surface area contributed by atoms with Gasteiger partial charge >= 0.3 is 5.97 Å². The first-order valence-corrected chi connectivity index (χ1v) is 6.46. The van der Waals surface area contributed by atoms with Crippen LogP contribution in [-0.4, -0.2) is 23.7 Å². The molecule has 100 valence electrons. The minimum absolute atomic E-state index is 0.00810. The highest BCUT2D eigenvalue weighted by Gasteiger charge is 2.26. The summed E-state index contributed by atoms with van der Waals surface area (Å²) in [7, 11) is 1.80. The van der Waals surface area contributed by atoms with Gasteiger partial charge in [-0.25, -0.2) is 9.18 Å². The van der Waals surface area contributed by atoms with Crippen LogP contribution >= 0.6 is 15.9 Å². The van der Waals surface area contributed by atoms with Crippen LogP contribution in [0.3, 0.4) is 0 Å². The van der Waals surface area contributed by atoms with Crippen molar-refractivity contribution in [3.63, 3.8) is 0 Å². The van der Waals surface area contributed by atoms with Crippen LogP contribution in [0.15, 0.2) is 16.6 Å². The highest BCUT2D eigenvalue weighted by molar-refractivity contribution is 9.10.